The van der Waals surface area contributed by atoms with Crippen LogP contribution >= 0.6 is 27.5 Å². The summed E-state index contributed by atoms with van der Waals surface area (Å²) in [5, 5.41) is 3.89. The van der Waals surface area contributed by atoms with Gasteiger partial charge in [0.05, 0.1) is 12.8 Å². The Hall–Kier alpha value is -1.26. The van der Waals surface area contributed by atoms with Gasteiger partial charge in [-0.15, -0.1) is 0 Å². The molecule has 5 heteroatoms. The molecule has 0 aliphatic rings. The molecule has 1 N–H and O–H groups in total. The summed E-state index contributed by atoms with van der Waals surface area (Å²) >= 11 is 9.34. The molecular formula is C15H14BrClFNO. The Morgan fingerprint density at radius 2 is 2.00 bits per heavy atom. The predicted molar refractivity (Wildman–Crippen MR) is 84.2 cm³/mol. The standard InChI is InChI=1S/C15H14BrClFNO/c1-9-3-14(15(20-2)7-13(9)17)19-8-10-4-11(16)6-12(18)5-10/h3-7,19H,8H2,1-2H3. The third-order valence-corrected chi connectivity index (χ3v) is 3.75. The Morgan fingerprint density at radius 3 is 2.65 bits per heavy atom. The van der Waals surface area contributed by atoms with Crippen molar-refractivity contribution in [2.75, 3.05) is 12.4 Å². The van der Waals surface area contributed by atoms with E-state index in [9.17, 15) is 4.39 Å². The van der Waals surface area contributed by atoms with E-state index in [2.05, 4.69) is 21.2 Å². The lowest BCUT2D eigenvalue weighted by Gasteiger charge is -2.13. The van der Waals surface area contributed by atoms with Crippen molar-refractivity contribution in [3.63, 3.8) is 0 Å². The van der Waals surface area contributed by atoms with Crippen LogP contribution in [0.4, 0.5) is 10.1 Å². The number of rotatable bonds is 4. The number of methoxy groups -OCH3 is 1. The van der Waals surface area contributed by atoms with Gasteiger partial charge in [-0.05, 0) is 42.3 Å². The highest BCUT2D eigenvalue weighted by Crippen LogP contribution is 2.31. The lowest BCUT2D eigenvalue weighted by molar-refractivity contribution is 0.416. The average molecular weight is 359 g/mol. The third kappa shape index (κ3) is 3.64. The van der Waals surface area contributed by atoms with E-state index in [1.165, 1.54) is 12.1 Å². The molecule has 0 saturated carbocycles. The number of benzene rings is 2. The predicted octanol–water partition coefficient (Wildman–Crippen LogP) is 5.17. The number of hydrogen-bond acceptors (Lipinski definition) is 2. The van der Waals surface area contributed by atoms with Gasteiger partial charge in [0.25, 0.3) is 0 Å². The average Bonchev–Trinajstić information content (AvgIpc) is 2.38. The molecule has 0 aromatic heterocycles. The first-order valence-corrected chi connectivity index (χ1v) is 7.19. The molecule has 2 nitrogen and oxygen atoms in total. The van der Waals surface area contributed by atoms with Crippen molar-refractivity contribution in [1.82, 2.24) is 0 Å². The Balaban J connectivity index is 2.20. The fourth-order valence-electron chi connectivity index (χ4n) is 1.88. The molecule has 0 amide bonds. The Kier molecular flexibility index (Phi) is 4.89. The molecular weight excluding hydrogens is 345 g/mol. The van der Waals surface area contributed by atoms with Gasteiger partial charge in [-0.2, -0.15) is 0 Å². The summed E-state index contributed by atoms with van der Waals surface area (Å²) in [5.74, 6) is 0.395. The van der Waals surface area contributed by atoms with Gasteiger partial charge < -0.3 is 10.1 Å². The highest BCUT2D eigenvalue weighted by Gasteiger charge is 2.07. The molecule has 2 aromatic carbocycles. The number of halogens is 3. The maximum absolute atomic E-state index is 13.3. The first-order chi connectivity index (χ1) is 9.49. The lowest BCUT2D eigenvalue weighted by Crippen LogP contribution is -2.02. The van der Waals surface area contributed by atoms with E-state index < -0.39 is 0 Å². The zero-order valence-corrected chi connectivity index (χ0v) is 13.5. The first-order valence-electron chi connectivity index (χ1n) is 6.02. The van der Waals surface area contributed by atoms with Gasteiger partial charge in [-0.3, -0.25) is 0 Å². The molecule has 0 saturated heterocycles. The molecule has 0 aliphatic heterocycles. The quantitative estimate of drug-likeness (QED) is 0.814. The minimum Gasteiger partial charge on any atom is -0.495 e. The van der Waals surface area contributed by atoms with E-state index in [0.717, 1.165) is 16.8 Å². The summed E-state index contributed by atoms with van der Waals surface area (Å²) in [7, 11) is 1.59. The van der Waals surface area contributed by atoms with Crippen LogP contribution in [0, 0.1) is 12.7 Å². The van der Waals surface area contributed by atoms with Crippen molar-refractivity contribution in [3.8, 4) is 5.75 Å². The SMILES string of the molecule is COc1cc(Cl)c(C)cc1NCc1cc(F)cc(Br)c1. The van der Waals surface area contributed by atoms with Crippen LogP contribution in [0.25, 0.3) is 0 Å². The first kappa shape index (κ1) is 15.1. The Bertz CT molecular complexity index is 613. The van der Waals surface area contributed by atoms with Crippen LogP contribution in [0.1, 0.15) is 11.1 Å². The monoisotopic (exact) mass is 357 g/mol. The molecule has 0 unspecified atom stereocenters. The molecule has 0 atom stereocenters. The Morgan fingerprint density at radius 1 is 1.25 bits per heavy atom. The molecule has 0 aliphatic carbocycles. The molecule has 20 heavy (non-hydrogen) atoms. The van der Waals surface area contributed by atoms with Crippen molar-refractivity contribution in [1.29, 1.82) is 0 Å². The summed E-state index contributed by atoms with van der Waals surface area (Å²) in [6.07, 6.45) is 0. The lowest BCUT2D eigenvalue weighted by atomic mass is 10.2. The van der Waals surface area contributed by atoms with Crippen LogP contribution in [-0.2, 0) is 6.54 Å². The van der Waals surface area contributed by atoms with Gasteiger partial charge >= 0.3 is 0 Å². The zero-order chi connectivity index (χ0) is 14.7. The third-order valence-electron chi connectivity index (χ3n) is 2.89. The van der Waals surface area contributed by atoms with E-state index in [4.69, 9.17) is 16.3 Å². The molecule has 0 radical (unpaired) electrons. The van der Waals surface area contributed by atoms with Crippen molar-refractivity contribution >= 4 is 33.2 Å². The van der Waals surface area contributed by atoms with E-state index in [1.54, 1.807) is 13.2 Å². The van der Waals surface area contributed by atoms with E-state index in [-0.39, 0.29) is 5.82 Å². The summed E-state index contributed by atoms with van der Waals surface area (Å²) in [6.45, 7) is 2.42. The van der Waals surface area contributed by atoms with E-state index in [0.29, 0.717) is 21.8 Å². The maximum atomic E-state index is 13.3. The normalized spacial score (nSPS) is 10.4. The molecule has 0 fully saturated rings. The minimum absolute atomic E-state index is 0.268. The van der Waals surface area contributed by atoms with Gasteiger partial charge in [-0.25, -0.2) is 4.39 Å². The highest BCUT2D eigenvalue weighted by atomic mass is 79.9. The molecule has 0 bridgehead atoms. The van der Waals surface area contributed by atoms with Crippen LogP contribution in [0.15, 0.2) is 34.8 Å². The van der Waals surface area contributed by atoms with Crippen LogP contribution < -0.4 is 10.1 Å². The molecule has 2 aromatic rings. The van der Waals surface area contributed by atoms with Gasteiger partial charge in [-0.1, -0.05) is 27.5 Å². The highest BCUT2D eigenvalue weighted by molar-refractivity contribution is 9.10. The fourth-order valence-corrected chi connectivity index (χ4v) is 2.55. The smallest absolute Gasteiger partial charge is 0.143 e. The maximum Gasteiger partial charge on any atom is 0.143 e. The summed E-state index contributed by atoms with van der Waals surface area (Å²) in [5.41, 5.74) is 2.62. The zero-order valence-electron chi connectivity index (χ0n) is 11.1. The number of ether oxygens (including phenoxy) is 1. The molecule has 2 rings (SSSR count). The van der Waals surface area contributed by atoms with Crippen LogP contribution in [-0.4, -0.2) is 7.11 Å². The summed E-state index contributed by atoms with van der Waals surface area (Å²) < 4.78 is 19.3. The van der Waals surface area contributed by atoms with Crippen LogP contribution in [0.3, 0.4) is 0 Å². The summed E-state index contributed by atoms with van der Waals surface area (Å²) in [4.78, 5) is 0. The van der Waals surface area contributed by atoms with E-state index in [1.807, 2.05) is 19.1 Å². The van der Waals surface area contributed by atoms with Gasteiger partial charge in [0, 0.05) is 22.1 Å². The number of aryl methyl sites for hydroxylation is 1. The summed E-state index contributed by atoms with van der Waals surface area (Å²) in [6, 6.07) is 8.46. The Labute approximate surface area is 131 Å². The van der Waals surface area contributed by atoms with E-state index >= 15 is 0 Å². The second-order valence-electron chi connectivity index (χ2n) is 4.43. The minimum atomic E-state index is -0.268. The molecule has 0 heterocycles. The van der Waals surface area contributed by atoms with Crippen LogP contribution in [0.2, 0.25) is 5.02 Å². The number of hydrogen-bond donors (Lipinski definition) is 1. The molecule has 106 valence electrons. The van der Waals surface area contributed by atoms with Crippen molar-refractivity contribution in [2.45, 2.75) is 13.5 Å². The topological polar surface area (TPSA) is 21.3 Å². The fraction of sp³-hybridized carbons (Fsp3) is 0.200. The van der Waals surface area contributed by atoms with Crippen molar-refractivity contribution < 1.29 is 9.13 Å². The van der Waals surface area contributed by atoms with Gasteiger partial charge in [0.1, 0.15) is 11.6 Å². The van der Waals surface area contributed by atoms with Crippen molar-refractivity contribution in [3.05, 3.63) is 56.8 Å². The second kappa shape index (κ2) is 6.46. The largest absolute Gasteiger partial charge is 0.495 e. The number of nitrogens with one attached hydrogen (secondary N) is 1. The molecule has 0 spiro atoms. The van der Waals surface area contributed by atoms with Gasteiger partial charge in [0.2, 0.25) is 0 Å². The van der Waals surface area contributed by atoms with Crippen molar-refractivity contribution in [2.24, 2.45) is 0 Å². The van der Waals surface area contributed by atoms with Gasteiger partial charge in [0.15, 0.2) is 0 Å². The van der Waals surface area contributed by atoms with Crippen LogP contribution in [0.5, 0.6) is 5.75 Å². The number of anilines is 1. The second-order valence-corrected chi connectivity index (χ2v) is 5.76.